The number of nitrogens with zero attached hydrogens (tertiary/aromatic N) is 1. The van der Waals surface area contributed by atoms with Crippen LogP contribution in [0, 0.1) is 0 Å². The minimum absolute atomic E-state index is 0.165. The van der Waals surface area contributed by atoms with Gasteiger partial charge in [-0.25, -0.2) is 4.98 Å². The number of para-hydroxylation sites is 1. The molecule has 3 nitrogen and oxygen atoms in total. The van der Waals surface area contributed by atoms with Crippen molar-refractivity contribution >= 4 is 40.0 Å². The van der Waals surface area contributed by atoms with Crippen LogP contribution in [-0.4, -0.2) is 10.9 Å². The second kappa shape index (κ2) is 8.01. The lowest BCUT2D eigenvalue weighted by Gasteiger charge is -2.11. The van der Waals surface area contributed by atoms with Crippen LogP contribution in [0.1, 0.15) is 15.9 Å². The highest BCUT2D eigenvalue weighted by Crippen LogP contribution is 2.25. The van der Waals surface area contributed by atoms with E-state index in [2.05, 4.69) is 5.32 Å². The molecule has 0 aliphatic rings. The highest BCUT2D eigenvalue weighted by molar-refractivity contribution is 6.42. The maximum atomic E-state index is 13.0. The van der Waals surface area contributed by atoms with Crippen LogP contribution in [0.15, 0.2) is 78.9 Å². The molecule has 138 valence electrons. The van der Waals surface area contributed by atoms with Gasteiger partial charge in [0.05, 0.1) is 26.8 Å². The number of carbonyl (C=O) groups is 1. The fourth-order valence-corrected chi connectivity index (χ4v) is 3.37. The normalized spacial score (nSPS) is 10.8. The summed E-state index contributed by atoms with van der Waals surface area (Å²) in [6, 6.07) is 24.6. The van der Waals surface area contributed by atoms with Crippen LogP contribution >= 0.6 is 23.2 Å². The number of aromatic nitrogens is 1. The average Bonchev–Trinajstić information content (AvgIpc) is 2.74. The number of hydrogen-bond donors (Lipinski definition) is 1. The smallest absolute Gasteiger partial charge is 0.252 e. The zero-order chi connectivity index (χ0) is 19.5. The van der Waals surface area contributed by atoms with Gasteiger partial charge >= 0.3 is 0 Å². The maximum Gasteiger partial charge on any atom is 0.252 e. The van der Waals surface area contributed by atoms with E-state index in [1.807, 2.05) is 66.7 Å². The third-order valence-electron chi connectivity index (χ3n) is 4.47. The van der Waals surface area contributed by atoms with E-state index in [9.17, 15) is 4.79 Å². The van der Waals surface area contributed by atoms with Crippen molar-refractivity contribution in [3.63, 3.8) is 0 Å². The van der Waals surface area contributed by atoms with Crippen LogP contribution in [-0.2, 0) is 6.54 Å². The molecule has 1 N–H and O–H groups in total. The highest BCUT2D eigenvalue weighted by Gasteiger charge is 2.14. The number of benzene rings is 3. The van der Waals surface area contributed by atoms with Gasteiger partial charge in [0.15, 0.2) is 0 Å². The average molecular weight is 407 g/mol. The summed E-state index contributed by atoms with van der Waals surface area (Å²) in [4.78, 5) is 17.7. The molecular formula is C23H16Cl2N2O. The van der Waals surface area contributed by atoms with Gasteiger partial charge in [0.2, 0.25) is 0 Å². The topological polar surface area (TPSA) is 42.0 Å². The molecule has 0 radical (unpaired) electrons. The first-order valence-electron chi connectivity index (χ1n) is 8.79. The van der Waals surface area contributed by atoms with Crippen LogP contribution in [0.25, 0.3) is 22.2 Å². The second-order valence-electron chi connectivity index (χ2n) is 6.37. The Morgan fingerprint density at radius 2 is 1.61 bits per heavy atom. The number of pyridine rings is 1. The predicted molar refractivity (Wildman–Crippen MR) is 115 cm³/mol. The minimum Gasteiger partial charge on any atom is -0.348 e. The minimum atomic E-state index is -0.165. The summed E-state index contributed by atoms with van der Waals surface area (Å²) in [5, 5.41) is 4.73. The molecule has 5 heteroatoms. The van der Waals surface area contributed by atoms with Crippen molar-refractivity contribution in [1.82, 2.24) is 10.3 Å². The van der Waals surface area contributed by atoms with E-state index in [0.717, 1.165) is 27.7 Å². The van der Waals surface area contributed by atoms with Crippen molar-refractivity contribution in [2.24, 2.45) is 0 Å². The monoisotopic (exact) mass is 406 g/mol. The van der Waals surface area contributed by atoms with Gasteiger partial charge in [-0.2, -0.15) is 0 Å². The zero-order valence-corrected chi connectivity index (χ0v) is 16.3. The van der Waals surface area contributed by atoms with Crippen LogP contribution in [0.2, 0.25) is 10.0 Å². The van der Waals surface area contributed by atoms with Crippen LogP contribution < -0.4 is 5.32 Å². The summed E-state index contributed by atoms with van der Waals surface area (Å²) in [7, 11) is 0. The van der Waals surface area contributed by atoms with E-state index in [1.54, 1.807) is 12.1 Å². The first-order valence-corrected chi connectivity index (χ1v) is 9.55. The van der Waals surface area contributed by atoms with Crippen molar-refractivity contribution in [2.75, 3.05) is 0 Å². The fourth-order valence-electron chi connectivity index (χ4n) is 3.05. The molecule has 4 aromatic rings. The second-order valence-corrected chi connectivity index (χ2v) is 7.18. The number of amides is 1. The molecule has 0 atom stereocenters. The molecular weight excluding hydrogens is 391 g/mol. The van der Waals surface area contributed by atoms with Gasteiger partial charge in [-0.05, 0) is 29.8 Å². The highest BCUT2D eigenvalue weighted by atomic mass is 35.5. The van der Waals surface area contributed by atoms with Gasteiger partial charge in [-0.3, -0.25) is 4.79 Å². The van der Waals surface area contributed by atoms with Crippen LogP contribution in [0.5, 0.6) is 0 Å². The molecule has 0 aliphatic heterocycles. The molecule has 0 aliphatic carbocycles. The van der Waals surface area contributed by atoms with E-state index in [0.29, 0.717) is 22.2 Å². The van der Waals surface area contributed by atoms with Gasteiger partial charge in [-0.1, -0.05) is 77.8 Å². The Labute approximate surface area is 172 Å². The van der Waals surface area contributed by atoms with Crippen molar-refractivity contribution in [3.8, 4) is 11.3 Å². The summed E-state index contributed by atoms with van der Waals surface area (Å²) in [6.07, 6.45) is 0. The summed E-state index contributed by atoms with van der Waals surface area (Å²) >= 11 is 12.0. The Bertz CT molecular complexity index is 1160. The Hall–Kier alpha value is -2.88. The maximum absolute atomic E-state index is 13.0. The Balaban J connectivity index is 1.68. The van der Waals surface area contributed by atoms with E-state index in [1.165, 1.54) is 0 Å². The first-order chi connectivity index (χ1) is 13.6. The first kappa shape index (κ1) is 18.5. The summed E-state index contributed by atoms with van der Waals surface area (Å²) < 4.78 is 0. The largest absolute Gasteiger partial charge is 0.348 e. The van der Waals surface area contributed by atoms with Gasteiger partial charge in [0.25, 0.3) is 5.91 Å². The summed E-state index contributed by atoms with van der Waals surface area (Å²) in [5.41, 5.74) is 3.98. The van der Waals surface area contributed by atoms with Crippen molar-refractivity contribution < 1.29 is 4.79 Å². The van der Waals surface area contributed by atoms with Gasteiger partial charge in [0, 0.05) is 17.5 Å². The molecule has 4 rings (SSSR count). The molecule has 0 bridgehead atoms. The van der Waals surface area contributed by atoms with Gasteiger partial charge in [-0.15, -0.1) is 0 Å². The molecule has 28 heavy (non-hydrogen) atoms. The fraction of sp³-hybridized carbons (Fsp3) is 0.0435. The lowest BCUT2D eigenvalue weighted by molar-refractivity contribution is 0.0952. The predicted octanol–water partition coefficient (Wildman–Crippen LogP) is 6.14. The lowest BCUT2D eigenvalue weighted by Crippen LogP contribution is -2.23. The van der Waals surface area contributed by atoms with Gasteiger partial charge < -0.3 is 5.32 Å². The molecule has 0 unspecified atom stereocenters. The van der Waals surface area contributed by atoms with E-state index < -0.39 is 0 Å². The summed E-state index contributed by atoms with van der Waals surface area (Å²) in [5.74, 6) is -0.165. The number of hydrogen-bond acceptors (Lipinski definition) is 2. The van der Waals surface area contributed by atoms with E-state index >= 15 is 0 Å². The quantitative estimate of drug-likeness (QED) is 0.442. The standard InChI is InChI=1S/C23H16Cl2N2O/c24-19-11-10-15(12-20(19)25)14-26-23(28)18-13-22(16-6-2-1-3-7-16)27-21-9-5-4-8-17(18)21/h1-13H,14H2,(H,26,28). The number of nitrogens with one attached hydrogen (secondary N) is 1. The third kappa shape index (κ3) is 3.86. The Kier molecular flexibility index (Phi) is 5.29. The van der Waals surface area contributed by atoms with Gasteiger partial charge in [0.1, 0.15) is 0 Å². The molecule has 0 spiro atoms. The molecule has 3 aromatic carbocycles. The van der Waals surface area contributed by atoms with Crippen LogP contribution in [0.4, 0.5) is 0 Å². The number of fused-ring (bicyclic) bond motifs is 1. The number of carbonyl (C=O) groups excluding carboxylic acids is 1. The molecule has 0 saturated heterocycles. The van der Waals surface area contributed by atoms with Crippen molar-refractivity contribution in [2.45, 2.75) is 6.54 Å². The van der Waals surface area contributed by atoms with Crippen molar-refractivity contribution in [3.05, 3.63) is 100 Å². The van der Waals surface area contributed by atoms with E-state index in [4.69, 9.17) is 28.2 Å². The number of rotatable bonds is 4. The van der Waals surface area contributed by atoms with Crippen molar-refractivity contribution in [1.29, 1.82) is 0 Å². The summed E-state index contributed by atoms with van der Waals surface area (Å²) in [6.45, 7) is 0.354. The Morgan fingerprint density at radius 3 is 2.39 bits per heavy atom. The molecule has 0 fully saturated rings. The molecule has 0 saturated carbocycles. The number of halogens is 2. The molecule has 1 heterocycles. The molecule has 1 amide bonds. The zero-order valence-electron chi connectivity index (χ0n) is 14.8. The third-order valence-corrected chi connectivity index (χ3v) is 5.21. The Morgan fingerprint density at radius 1 is 0.857 bits per heavy atom. The van der Waals surface area contributed by atoms with Crippen LogP contribution in [0.3, 0.4) is 0 Å². The SMILES string of the molecule is O=C(NCc1ccc(Cl)c(Cl)c1)c1cc(-c2ccccc2)nc2ccccc12. The molecule has 1 aromatic heterocycles. The lowest BCUT2D eigenvalue weighted by atomic mass is 10.0. The van der Waals surface area contributed by atoms with E-state index in [-0.39, 0.29) is 5.91 Å².